The van der Waals surface area contributed by atoms with Gasteiger partial charge in [-0.2, -0.15) is 0 Å². The van der Waals surface area contributed by atoms with E-state index in [0.29, 0.717) is 5.95 Å². The fourth-order valence-corrected chi connectivity index (χ4v) is 4.99. The van der Waals surface area contributed by atoms with Crippen molar-refractivity contribution in [2.24, 2.45) is 7.05 Å². The molecule has 11 heteroatoms. The van der Waals surface area contributed by atoms with Crippen molar-refractivity contribution in [3.8, 4) is 0 Å². The zero-order chi connectivity index (χ0) is 27.8. The number of imidazole rings is 1. The maximum atomic E-state index is 14.4. The molecular weight excluding hydrogens is 513 g/mol. The molecule has 1 saturated heterocycles. The number of carbonyl (C=O) groups is 3. The lowest BCUT2D eigenvalue weighted by Gasteiger charge is -2.50. The summed E-state index contributed by atoms with van der Waals surface area (Å²) in [5.41, 5.74) is 1.10. The first-order valence-corrected chi connectivity index (χ1v) is 12.4. The van der Waals surface area contributed by atoms with Crippen molar-refractivity contribution in [3.63, 3.8) is 0 Å². The summed E-state index contributed by atoms with van der Waals surface area (Å²) < 4.78 is 20.8. The molecular formula is C27H29ClFN5O4. The fraction of sp³-hybridized carbons (Fsp3) is 0.333. The van der Waals surface area contributed by atoms with Gasteiger partial charge in [-0.05, 0) is 29.2 Å². The SMILES string of the molecule is CNC(=O)c1cc(Cl)c(F)cc1NC(=O)C1(c2ccccc2C(C)C)CN(c2ncc(C(=O)OC)n2C)C1. The lowest BCUT2D eigenvalue weighted by molar-refractivity contribution is -0.122. The summed E-state index contributed by atoms with van der Waals surface area (Å²) in [6.45, 7) is 4.56. The summed E-state index contributed by atoms with van der Waals surface area (Å²) in [6.07, 6.45) is 1.43. The Balaban J connectivity index is 1.76. The Morgan fingerprint density at radius 3 is 2.50 bits per heavy atom. The molecule has 1 fully saturated rings. The second kappa shape index (κ2) is 10.4. The highest BCUT2D eigenvalue weighted by Gasteiger charge is 2.53. The van der Waals surface area contributed by atoms with Gasteiger partial charge in [0.25, 0.3) is 5.91 Å². The largest absolute Gasteiger partial charge is 0.464 e. The molecule has 4 rings (SSSR count). The quantitative estimate of drug-likeness (QED) is 0.440. The van der Waals surface area contributed by atoms with Gasteiger partial charge < -0.3 is 24.8 Å². The van der Waals surface area contributed by atoms with Crippen molar-refractivity contribution < 1.29 is 23.5 Å². The van der Waals surface area contributed by atoms with Crippen LogP contribution >= 0.6 is 11.6 Å². The molecule has 1 aliphatic heterocycles. The number of halogens is 2. The van der Waals surface area contributed by atoms with Crippen LogP contribution in [0.5, 0.6) is 0 Å². The molecule has 9 nitrogen and oxygen atoms in total. The Morgan fingerprint density at radius 1 is 1.18 bits per heavy atom. The van der Waals surface area contributed by atoms with E-state index in [1.54, 1.807) is 11.6 Å². The summed E-state index contributed by atoms with van der Waals surface area (Å²) in [5, 5.41) is 5.05. The molecule has 38 heavy (non-hydrogen) atoms. The van der Waals surface area contributed by atoms with E-state index in [-0.39, 0.29) is 41.0 Å². The third-order valence-corrected chi connectivity index (χ3v) is 7.17. The summed E-state index contributed by atoms with van der Waals surface area (Å²) in [4.78, 5) is 44.9. The number of benzene rings is 2. The van der Waals surface area contributed by atoms with E-state index < -0.39 is 29.0 Å². The van der Waals surface area contributed by atoms with E-state index >= 15 is 0 Å². The Labute approximate surface area is 224 Å². The van der Waals surface area contributed by atoms with E-state index in [9.17, 15) is 18.8 Å². The van der Waals surface area contributed by atoms with Gasteiger partial charge in [0.1, 0.15) is 16.9 Å². The summed E-state index contributed by atoms with van der Waals surface area (Å²) in [5.74, 6) is -1.58. The molecule has 3 aromatic rings. The third-order valence-electron chi connectivity index (χ3n) is 6.88. The standard InChI is InChI=1S/C27H29ClFN5O4/c1-15(2)16-8-6-7-9-18(16)27(13-34(14-27)26-31-12-22(33(26)4)24(36)38-5)25(37)32-21-11-20(29)19(28)10-17(21)23(35)30-3/h6-12,15H,13-14H2,1-5H3,(H,30,35)(H,32,37). The van der Waals surface area contributed by atoms with Crippen molar-refractivity contribution in [2.75, 3.05) is 37.5 Å². The van der Waals surface area contributed by atoms with Gasteiger partial charge in [0.05, 0.1) is 29.6 Å². The summed E-state index contributed by atoms with van der Waals surface area (Å²) in [7, 11) is 4.43. The molecule has 2 N–H and O–H groups in total. The van der Waals surface area contributed by atoms with Crippen LogP contribution in [0.3, 0.4) is 0 Å². The fourth-order valence-electron chi connectivity index (χ4n) is 4.82. The first-order chi connectivity index (χ1) is 18.0. The Kier molecular flexibility index (Phi) is 7.46. The van der Waals surface area contributed by atoms with Crippen molar-refractivity contribution in [3.05, 3.63) is 75.8 Å². The predicted molar refractivity (Wildman–Crippen MR) is 142 cm³/mol. The first kappa shape index (κ1) is 27.1. The van der Waals surface area contributed by atoms with Crippen molar-refractivity contribution in [2.45, 2.75) is 25.2 Å². The highest BCUT2D eigenvalue weighted by Crippen LogP contribution is 2.42. The first-order valence-electron chi connectivity index (χ1n) is 12.0. The maximum Gasteiger partial charge on any atom is 0.356 e. The van der Waals surface area contributed by atoms with Crippen LogP contribution in [-0.2, 0) is 22.0 Å². The van der Waals surface area contributed by atoms with Crippen LogP contribution in [-0.4, -0.2) is 54.6 Å². The van der Waals surface area contributed by atoms with Crippen LogP contribution in [0.4, 0.5) is 16.0 Å². The van der Waals surface area contributed by atoms with E-state index in [1.807, 2.05) is 43.0 Å². The zero-order valence-corrected chi connectivity index (χ0v) is 22.5. The number of ether oxygens (including phenoxy) is 1. The number of hydrogen-bond donors (Lipinski definition) is 2. The normalized spacial score (nSPS) is 14.2. The topological polar surface area (TPSA) is 106 Å². The van der Waals surface area contributed by atoms with E-state index in [1.165, 1.54) is 26.4 Å². The van der Waals surface area contributed by atoms with Crippen molar-refractivity contribution in [1.29, 1.82) is 0 Å². The van der Waals surface area contributed by atoms with Gasteiger partial charge in [0, 0.05) is 27.2 Å². The number of amides is 2. The number of nitrogens with zero attached hydrogens (tertiary/aromatic N) is 3. The molecule has 0 aliphatic carbocycles. The summed E-state index contributed by atoms with van der Waals surface area (Å²) >= 11 is 5.92. The number of nitrogens with one attached hydrogen (secondary N) is 2. The number of carbonyl (C=O) groups excluding carboxylic acids is 3. The number of esters is 1. The minimum absolute atomic E-state index is 0.0149. The molecule has 0 unspecified atom stereocenters. The van der Waals surface area contributed by atoms with Crippen LogP contribution in [0.25, 0.3) is 0 Å². The van der Waals surface area contributed by atoms with Crippen LogP contribution < -0.4 is 15.5 Å². The minimum Gasteiger partial charge on any atom is -0.464 e. The number of anilines is 2. The Morgan fingerprint density at radius 2 is 1.87 bits per heavy atom. The van der Waals surface area contributed by atoms with Crippen molar-refractivity contribution in [1.82, 2.24) is 14.9 Å². The molecule has 2 heterocycles. The molecule has 200 valence electrons. The molecule has 0 radical (unpaired) electrons. The average molecular weight is 542 g/mol. The monoisotopic (exact) mass is 541 g/mol. The number of rotatable bonds is 7. The molecule has 2 amide bonds. The zero-order valence-electron chi connectivity index (χ0n) is 21.8. The van der Waals surface area contributed by atoms with Gasteiger partial charge in [-0.3, -0.25) is 9.59 Å². The highest BCUT2D eigenvalue weighted by atomic mass is 35.5. The molecule has 0 bridgehead atoms. The smallest absolute Gasteiger partial charge is 0.356 e. The third kappa shape index (κ3) is 4.60. The second-order valence-electron chi connectivity index (χ2n) is 9.52. The van der Waals surface area contributed by atoms with E-state index in [0.717, 1.165) is 17.2 Å². The lowest BCUT2D eigenvalue weighted by atomic mass is 9.69. The second-order valence-corrected chi connectivity index (χ2v) is 9.93. The molecule has 0 saturated carbocycles. The Hall–Kier alpha value is -3.92. The van der Waals surface area contributed by atoms with Gasteiger partial charge >= 0.3 is 5.97 Å². The van der Waals surface area contributed by atoms with Crippen LogP contribution in [0.2, 0.25) is 5.02 Å². The predicted octanol–water partition coefficient (Wildman–Crippen LogP) is 3.88. The van der Waals surface area contributed by atoms with Crippen LogP contribution in [0.1, 0.15) is 51.7 Å². The molecule has 2 aromatic carbocycles. The molecule has 1 aliphatic rings. The van der Waals surface area contributed by atoms with Gasteiger partial charge in [0.2, 0.25) is 11.9 Å². The Bertz CT molecular complexity index is 1410. The molecule has 0 atom stereocenters. The number of hydrogen-bond acceptors (Lipinski definition) is 6. The van der Waals surface area contributed by atoms with Crippen molar-refractivity contribution >= 4 is 41.0 Å². The minimum atomic E-state index is -1.05. The van der Waals surface area contributed by atoms with Crippen LogP contribution in [0.15, 0.2) is 42.6 Å². The van der Waals surface area contributed by atoms with Gasteiger partial charge in [-0.25, -0.2) is 14.2 Å². The summed E-state index contributed by atoms with van der Waals surface area (Å²) in [6, 6.07) is 9.91. The average Bonchev–Trinajstić information content (AvgIpc) is 3.25. The van der Waals surface area contributed by atoms with Gasteiger partial charge in [-0.15, -0.1) is 0 Å². The molecule has 1 aromatic heterocycles. The van der Waals surface area contributed by atoms with E-state index in [2.05, 4.69) is 15.6 Å². The maximum absolute atomic E-state index is 14.4. The highest BCUT2D eigenvalue weighted by molar-refractivity contribution is 6.31. The van der Waals surface area contributed by atoms with Gasteiger partial charge in [0.15, 0.2) is 0 Å². The molecule has 0 spiro atoms. The number of methoxy groups -OCH3 is 1. The van der Waals surface area contributed by atoms with Crippen LogP contribution in [0, 0.1) is 5.82 Å². The number of aromatic nitrogens is 2. The van der Waals surface area contributed by atoms with E-state index in [4.69, 9.17) is 16.3 Å². The lowest BCUT2D eigenvalue weighted by Crippen LogP contribution is -2.66. The van der Waals surface area contributed by atoms with Gasteiger partial charge in [-0.1, -0.05) is 49.7 Å².